The Bertz CT molecular complexity index is 218. The second-order valence-electron chi connectivity index (χ2n) is 3.06. The molecule has 1 heterocycles. The van der Waals surface area contributed by atoms with Crippen molar-refractivity contribution in [3.63, 3.8) is 0 Å². The van der Waals surface area contributed by atoms with E-state index >= 15 is 0 Å². The molecule has 0 saturated carbocycles. The quantitative estimate of drug-likeness (QED) is 0.640. The summed E-state index contributed by atoms with van der Waals surface area (Å²) >= 11 is 5.60. The molecule has 0 radical (unpaired) electrons. The first-order valence-corrected chi connectivity index (χ1v) is 4.34. The van der Waals surface area contributed by atoms with Crippen LogP contribution in [0.25, 0.3) is 0 Å². The van der Waals surface area contributed by atoms with Gasteiger partial charge < -0.3 is 0 Å². The molecule has 0 N–H and O–H groups in total. The van der Waals surface area contributed by atoms with Crippen molar-refractivity contribution in [3.05, 3.63) is 18.0 Å². The van der Waals surface area contributed by atoms with Gasteiger partial charge in [-0.25, -0.2) is 0 Å². The molecule has 0 amide bonds. The van der Waals surface area contributed by atoms with Crippen molar-refractivity contribution < 1.29 is 0 Å². The van der Waals surface area contributed by atoms with Crippen molar-refractivity contribution in [1.29, 1.82) is 0 Å². The fourth-order valence-corrected chi connectivity index (χ4v) is 1.09. The highest BCUT2D eigenvalue weighted by Gasteiger charge is 1.98. The van der Waals surface area contributed by atoms with E-state index in [4.69, 9.17) is 11.6 Å². The lowest BCUT2D eigenvalue weighted by atomic mass is 10.2. The van der Waals surface area contributed by atoms with E-state index in [2.05, 4.69) is 18.9 Å². The number of alkyl halides is 1. The minimum absolute atomic E-state index is 0.505. The van der Waals surface area contributed by atoms with Gasteiger partial charge in [0.25, 0.3) is 0 Å². The zero-order chi connectivity index (χ0) is 8.27. The summed E-state index contributed by atoms with van der Waals surface area (Å²) in [5.41, 5.74) is 0.951. The van der Waals surface area contributed by atoms with Crippen LogP contribution in [0.5, 0.6) is 0 Å². The summed E-state index contributed by atoms with van der Waals surface area (Å²) in [6.45, 7) is 5.31. The molecule has 11 heavy (non-hydrogen) atoms. The number of halogens is 1. The van der Waals surface area contributed by atoms with Gasteiger partial charge in [0.15, 0.2) is 0 Å². The predicted molar refractivity (Wildman–Crippen MR) is 46.6 cm³/mol. The Morgan fingerprint density at radius 2 is 2.36 bits per heavy atom. The van der Waals surface area contributed by atoms with Gasteiger partial charge in [0, 0.05) is 12.7 Å². The van der Waals surface area contributed by atoms with Crippen molar-refractivity contribution in [1.82, 2.24) is 9.78 Å². The fraction of sp³-hybridized carbons (Fsp3) is 0.625. The van der Waals surface area contributed by atoms with E-state index in [-0.39, 0.29) is 0 Å². The standard InChI is InChI=1S/C8H13ClN2/c1-7(2)6-11-4-3-8(5-9)10-11/h3-4,7H,5-6H2,1-2H3. The van der Waals surface area contributed by atoms with E-state index in [0.717, 1.165) is 12.2 Å². The van der Waals surface area contributed by atoms with Gasteiger partial charge in [0.05, 0.1) is 11.6 Å². The molecule has 2 nitrogen and oxygen atoms in total. The first-order valence-electron chi connectivity index (χ1n) is 3.80. The maximum Gasteiger partial charge on any atom is 0.0772 e. The number of hydrogen-bond donors (Lipinski definition) is 0. The number of nitrogens with zero attached hydrogens (tertiary/aromatic N) is 2. The van der Waals surface area contributed by atoms with Gasteiger partial charge in [0.2, 0.25) is 0 Å². The number of rotatable bonds is 3. The van der Waals surface area contributed by atoms with Crippen LogP contribution in [-0.4, -0.2) is 9.78 Å². The van der Waals surface area contributed by atoms with E-state index in [9.17, 15) is 0 Å². The van der Waals surface area contributed by atoms with Crippen molar-refractivity contribution in [2.24, 2.45) is 5.92 Å². The fourth-order valence-electron chi connectivity index (χ4n) is 0.951. The molecule has 0 aliphatic heterocycles. The minimum Gasteiger partial charge on any atom is -0.272 e. The van der Waals surface area contributed by atoms with E-state index in [1.54, 1.807) is 0 Å². The van der Waals surface area contributed by atoms with E-state index < -0.39 is 0 Å². The average molecular weight is 173 g/mol. The van der Waals surface area contributed by atoms with Gasteiger partial charge in [-0.05, 0) is 12.0 Å². The molecular weight excluding hydrogens is 160 g/mol. The second-order valence-corrected chi connectivity index (χ2v) is 3.32. The summed E-state index contributed by atoms with van der Waals surface area (Å²) in [6.07, 6.45) is 1.97. The van der Waals surface area contributed by atoms with Crippen LogP contribution in [0.2, 0.25) is 0 Å². The van der Waals surface area contributed by atoms with Crippen LogP contribution in [0, 0.1) is 5.92 Å². The van der Waals surface area contributed by atoms with Crippen LogP contribution in [0.4, 0.5) is 0 Å². The predicted octanol–water partition coefficient (Wildman–Crippen LogP) is 2.28. The van der Waals surface area contributed by atoms with E-state index in [1.165, 1.54) is 0 Å². The SMILES string of the molecule is CC(C)Cn1ccc(CCl)n1. The summed E-state index contributed by atoms with van der Waals surface area (Å²) in [7, 11) is 0. The molecule has 0 unspecified atom stereocenters. The molecule has 0 aliphatic rings. The Kier molecular flexibility index (Phi) is 2.94. The maximum absolute atomic E-state index is 5.60. The molecule has 62 valence electrons. The van der Waals surface area contributed by atoms with Crippen molar-refractivity contribution in [2.75, 3.05) is 0 Å². The molecule has 1 aromatic rings. The third-order valence-electron chi connectivity index (χ3n) is 1.39. The normalized spacial score (nSPS) is 10.9. The van der Waals surface area contributed by atoms with Crippen molar-refractivity contribution in [3.8, 4) is 0 Å². The molecule has 0 spiro atoms. The molecular formula is C8H13ClN2. The zero-order valence-corrected chi connectivity index (χ0v) is 7.67. The smallest absolute Gasteiger partial charge is 0.0772 e. The Hall–Kier alpha value is -0.500. The molecule has 0 aliphatic carbocycles. The summed E-state index contributed by atoms with van der Waals surface area (Å²) in [4.78, 5) is 0. The van der Waals surface area contributed by atoms with Crippen molar-refractivity contribution in [2.45, 2.75) is 26.3 Å². The summed E-state index contributed by atoms with van der Waals surface area (Å²) in [5, 5.41) is 4.25. The van der Waals surface area contributed by atoms with Gasteiger partial charge in [-0.1, -0.05) is 13.8 Å². The molecule has 0 bridgehead atoms. The highest BCUT2D eigenvalue weighted by atomic mass is 35.5. The first-order chi connectivity index (χ1) is 5.22. The van der Waals surface area contributed by atoms with Gasteiger partial charge in [-0.15, -0.1) is 11.6 Å². The van der Waals surface area contributed by atoms with Crippen LogP contribution in [0.1, 0.15) is 19.5 Å². The first kappa shape index (κ1) is 8.60. The zero-order valence-electron chi connectivity index (χ0n) is 6.92. The number of hydrogen-bond acceptors (Lipinski definition) is 1. The molecule has 0 fully saturated rings. The minimum atomic E-state index is 0.505. The molecule has 1 rings (SSSR count). The van der Waals surface area contributed by atoms with Crippen molar-refractivity contribution >= 4 is 11.6 Å². The molecule has 1 aromatic heterocycles. The van der Waals surface area contributed by atoms with Crippen LogP contribution in [0.3, 0.4) is 0 Å². The summed E-state index contributed by atoms with van der Waals surface area (Å²) < 4.78 is 1.93. The Morgan fingerprint density at radius 3 is 2.82 bits per heavy atom. The van der Waals surface area contributed by atoms with E-state index in [0.29, 0.717) is 11.8 Å². The van der Waals surface area contributed by atoms with Gasteiger partial charge in [-0.2, -0.15) is 5.10 Å². The monoisotopic (exact) mass is 172 g/mol. The highest BCUT2D eigenvalue weighted by molar-refractivity contribution is 6.16. The third-order valence-corrected chi connectivity index (χ3v) is 1.66. The Labute approximate surface area is 72.2 Å². The van der Waals surface area contributed by atoms with Gasteiger partial charge >= 0.3 is 0 Å². The molecule has 0 aromatic carbocycles. The van der Waals surface area contributed by atoms with Crippen LogP contribution in [0.15, 0.2) is 12.3 Å². The van der Waals surface area contributed by atoms with Gasteiger partial charge in [0.1, 0.15) is 0 Å². The summed E-state index contributed by atoms with van der Waals surface area (Å²) in [6, 6.07) is 1.95. The van der Waals surface area contributed by atoms with Crippen LogP contribution < -0.4 is 0 Å². The van der Waals surface area contributed by atoms with Gasteiger partial charge in [-0.3, -0.25) is 4.68 Å². The molecule has 3 heteroatoms. The van der Waals surface area contributed by atoms with E-state index in [1.807, 2.05) is 16.9 Å². The largest absolute Gasteiger partial charge is 0.272 e. The Balaban J connectivity index is 2.58. The average Bonchev–Trinajstić information content (AvgIpc) is 2.34. The number of aromatic nitrogens is 2. The topological polar surface area (TPSA) is 17.8 Å². The Morgan fingerprint density at radius 1 is 1.64 bits per heavy atom. The summed E-state index contributed by atoms with van der Waals surface area (Å²) in [5.74, 6) is 1.14. The molecule has 0 atom stereocenters. The lowest BCUT2D eigenvalue weighted by Gasteiger charge is -2.03. The highest BCUT2D eigenvalue weighted by Crippen LogP contribution is 2.02. The molecule has 0 saturated heterocycles. The lowest BCUT2D eigenvalue weighted by molar-refractivity contribution is 0.481. The third kappa shape index (κ3) is 2.54. The maximum atomic E-state index is 5.60. The lowest BCUT2D eigenvalue weighted by Crippen LogP contribution is -2.04. The van der Waals surface area contributed by atoms with Crippen LogP contribution >= 0.6 is 11.6 Å². The second kappa shape index (κ2) is 3.77. The van der Waals surface area contributed by atoms with Crippen LogP contribution in [-0.2, 0) is 12.4 Å².